The van der Waals surface area contributed by atoms with Crippen molar-refractivity contribution >= 4 is 70.4 Å². The molecule has 5 nitrogen and oxygen atoms in total. The second-order valence-electron chi connectivity index (χ2n) is 14.7. The van der Waals surface area contributed by atoms with E-state index in [-0.39, 0.29) is 26.5 Å². The Morgan fingerprint density at radius 1 is 0.667 bits per heavy atom. The molecular weight excluding hydrogens is 864 g/mol. The molecule has 268 valence electrons. The van der Waals surface area contributed by atoms with E-state index >= 15 is 0 Å². The van der Waals surface area contributed by atoms with E-state index in [9.17, 15) is 0 Å². The van der Waals surface area contributed by atoms with Gasteiger partial charge in [0.25, 0.3) is 0 Å². The number of rotatable bonds is 5. The largest absolute Gasteiger partial charge is 0.509 e. The molecule has 10 rings (SSSR count). The van der Waals surface area contributed by atoms with E-state index < -0.39 is 0 Å². The van der Waals surface area contributed by atoms with Gasteiger partial charge in [0.15, 0.2) is 0 Å². The summed E-state index contributed by atoms with van der Waals surface area (Å²) in [4.78, 5) is 9.40. The van der Waals surface area contributed by atoms with Crippen LogP contribution >= 0.6 is 11.3 Å². The summed E-state index contributed by atoms with van der Waals surface area (Å²) in [5.41, 5.74) is 8.55. The van der Waals surface area contributed by atoms with Crippen molar-refractivity contribution in [2.24, 2.45) is 0 Å². The predicted molar refractivity (Wildman–Crippen MR) is 221 cm³/mol. The number of hydrogen-bond donors (Lipinski definition) is 0. The molecule has 7 heteroatoms. The molecular formula is C47H35N4OPtS-3. The molecule has 0 bridgehead atoms. The zero-order valence-electron chi connectivity index (χ0n) is 30.2. The summed E-state index contributed by atoms with van der Waals surface area (Å²) < 4.78 is 11.4. The van der Waals surface area contributed by atoms with Crippen LogP contribution in [0.4, 0.5) is 17.1 Å². The number of ether oxygens (including phenoxy) is 1. The fraction of sp³-hybridized carbons (Fsp3) is 0.106. The molecule has 0 saturated carbocycles. The molecule has 1 aliphatic rings. The van der Waals surface area contributed by atoms with E-state index in [4.69, 9.17) is 9.72 Å². The van der Waals surface area contributed by atoms with Crippen molar-refractivity contribution < 1.29 is 25.8 Å². The SMILES string of the molecule is CN1[CH-]N(c2[c-]c(Oc3[c-]c4c(cc3)c3cc(-c5ccccc5)ccc3n4-c3cc4sc5ccccc5c4cn3)cc(C(C)(C)C)c2)c2ccccc21.[Pt]. The molecule has 0 radical (unpaired) electrons. The van der Waals surface area contributed by atoms with E-state index in [2.05, 4.69) is 182 Å². The second-order valence-corrected chi connectivity index (χ2v) is 15.8. The summed E-state index contributed by atoms with van der Waals surface area (Å²) in [5, 5.41) is 4.63. The summed E-state index contributed by atoms with van der Waals surface area (Å²) in [5.74, 6) is 2.10. The number of nitrogens with zero attached hydrogens (tertiary/aromatic N) is 4. The van der Waals surface area contributed by atoms with Gasteiger partial charge in [0.2, 0.25) is 0 Å². The van der Waals surface area contributed by atoms with Gasteiger partial charge in [-0.05, 0) is 59.3 Å². The van der Waals surface area contributed by atoms with Crippen LogP contribution in [0.15, 0.2) is 134 Å². The van der Waals surface area contributed by atoms with Gasteiger partial charge in [0, 0.05) is 75.8 Å². The zero-order chi connectivity index (χ0) is 35.8. The second kappa shape index (κ2) is 13.2. The molecule has 0 fully saturated rings. The maximum Gasteiger partial charge on any atom is 0.137 e. The molecule has 0 atom stereocenters. The van der Waals surface area contributed by atoms with E-state index in [0.29, 0.717) is 11.5 Å². The minimum atomic E-state index is -0.111. The monoisotopic (exact) mass is 898 g/mol. The fourth-order valence-corrected chi connectivity index (χ4v) is 8.59. The molecule has 3 aromatic heterocycles. The van der Waals surface area contributed by atoms with Gasteiger partial charge in [-0.2, -0.15) is 12.7 Å². The molecule has 6 aromatic carbocycles. The van der Waals surface area contributed by atoms with Crippen LogP contribution in [-0.2, 0) is 26.5 Å². The number of hydrogen-bond acceptors (Lipinski definition) is 5. The smallest absolute Gasteiger partial charge is 0.137 e. The number of benzene rings is 6. The van der Waals surface area contributed by atoms with Crippen molar-refractivity contribution in [1.29, 1.82) is 0 Å². The molecule has 0 saturated heterocycles. The molecule has 4 heterocycles. The average molecular weight is 899 g/mol. The van der Waals surface area contributed by atoms with Gasteiger partial charge in [-0.1, -0.05) is 99.1 Å². The molecule has 9 aromatic rings. The van der Waals surface area contributed by atoms with Gasteiger partial charge in [-0.15, -0.1) is 58.3 Å². The Morgan fingerprint density at radius 2 is 1.44 bits per heavy atom. The van der Waals surface area contributed by atoms with E-state index in [0.717, 1.165) is 55.8 Å². The van der Waals surface area contributed by atoms with Crippen LogP contribution in [0.3, 0.4) is 0 Å². The Balaban J connectivity index is 0.00000384. The van der Waals surface area contributed by atoms with Crippen LogP contribution in [0, 0.1) is 18.8 Å². The van der Waals surface area contributed by atoms with Gasteiger partial charge in [0.1, 0.15) is 5.82 Å². The van der Waals surface area contributed by atoms with E-state index in [1.165, 1.54) is 25.7 Å². The quantitative estimate of drug-likeness (QED) is 0.161. The van der Waals surface area contributed by atoms with E-state index in [1.54, 1.807) is 11.3 Å². The van der Waals surface area contributed by atoms with Crippen molar-refractivity contribution in [3.05, 3.63) is 158 Å². The summed E-state index contributed by atoms with van der Waals surface area (Å²) in [7, 11) is 2.07. The number of aromatic nitrogens is 2. The molecule has 0 unspecified atom stereocenters. The van der Waals surface area contributed by atoms with Gasteiger partial charge in [0.05, 0.1) is 0 Å². The Kier molecular flexibility index (Phi) is 8.37. The van der Waals surface area contributed by atoms with Crippen LogP contribution in [0.5, 0.6) is 11.5 Å². The number of para-hydroxylation sites is 2. The van der Waals surface area contributed by atoms with Crippen LogP contribution < -0.4 is 14.5 Å². The molecule has 0 aliphatic carbocycles. The average Bonchev–Trinajstić information content (AvgIpc) is 3.83. The van der Waals surface area contributed by atoms with Crippen molar-refractivity contribution in [1.82, 2.24) is 9.55 Å². The molecule has 0 spiro atoms. The van der Waals surface area contributed by atoms with E-state index in [1.807, 2.05) is 12.3 Å². The minimum absolute atomic E-state index is 0. The Morgan fingerprint density at radius 3 is 2.28 bits per heavy atom. The van der Waals surface area contributed by atoms with Gasteiger partial charge >= 0.3 is 0 Å². The summed E-state index contributed by atoms with van der Waals surface area (Å²) in [6.07, 6.45) is 2.01. The van der Waals surface area contributed by atoms with Crippen molar-refractivity contribution in [3.8, 4) is 28.4 Å². The van der Waals surface area contributed by atoms with Gasteiger partial charge in [-0.3, -0.25) is 0 Å². The molecule has 54 heavy (non-hydrogen) atoms. The molecule has 0 N–H and O–H groups in total. The minimum Gasteiger partial charge on any atom is -0.509 e. The normalized spacial score (nSPS) is 12.9. The van der Waals surface area contributed by atoms with Crippen LogP contribution in [-0.4, -0.2) is 16.6 Å². The standard InChI is InChI=1S/C47H35N4OS.Pt/c1-47(2,3)32-23-33(50-29-49(4)41-15-9-10-16-42(41)50)25-35(24-32)52-34-19-20-36-38-22-31(30-12-6-5-7-13-30)18-21-40(38)51(43(36)26-34)46-27-45-39(28-48-46)37-14-8-11-17-44(37)53-45;/h5-24,27-29H,1-4H3;/q-3;. The maximum atomic E-state index is 6.73. The number of fused-ring (bicyclic) bond motifs is 7. The van der Waals surface area contributed by atoms with Gasteiger partial charge < -0.3 is 19.1 Å². The van der Waals surface area contributed by atoms with Crippen molar-refractivity contribution in [2.75, 3.05) is 16.8 Å². The molecule has 0 amide bonds. The maximum absolute atomic E-state index is 6.73. The van der Waals surface area contributed by atoms with Crippen LogP contribution in [0.25, 0.3) is 58.9 Å². The van der Waals surface area contributed by atoms with Gasteiger partial charge in [-0.25, -0.2) is 4.98 Å². The first-order chi connectivity index (χ1) is 25.8. The summed E-state index contributed by atoms with van der Waals surface area (Å²) >= 11 is 1.80. The third-order valence-corrected chi connectivity index (χ3v) is 11.4. The third-order valence-electron chi connectivity index (χ3n) is 10.2. The Labute approximate surface area is 333 Å². The summed E-state index contributed by atoms with van der Waals surface area (Å²) in [6.45, 7) is 8.78. The van der Waals surface area contributed by atoms with Crippen LogP contribution in [0.1, 0.15) is 26.3 Å². The molecule has 1 aliphatic heterocycles. The predicted octanol–water partition coefficient (Wildman–Crippen LogP) is 12.6. The number of thiophene rings is 1. The Bertz CT molecular complexity index is 2870. The third kappa shape index (κ3) is 5.76. The fourth-order valence-electron chi connectivity index (χ4n) is 7.48. The number of anilines is 3. The van der Waals surface area contributed by atoms with Crippen molar-refractivity contribution in [3.63, 3.8) is 0 Å². The summed E-state index contributed by atoms with van der Waals surface area (Å²) in [6, 6.07) is 52.2. The first-order valence-corrected chi connectivity index (χ1v) is 18.7. The number of pyridine rings is 1. The first kappa shape index (κ1) is 34.4. The first-order valence-electron chi connectivity index (χ1n) is 17.8. The topological polar surface area (TPSA) is 33.5 Å². The Hall–Kier alpha value is -5.42. The van der Waals surface area contributed by atoms with Crippen molar-refractivity contribution in [2.45, 2.75) is 26.2 Å². The zero-order valence-corrected chi connectivity index (χ0v) is 33.3. The van der Waals surface area contributed by atoms with Crippen LogP contribution in [0.2, 0.25) is 0 Å².